The molecule has 2 bridgehead atoms. The van der Waals surface area contributed by atoms with Crippen molar-refractivity contribution in [2.45, 2.75) is 57.7 Å². The van der Waals surface area contributed by atoms with E-state index in [1.54, 1.807) is 0 Å². The van der Waals surface area contributed by atoms with E-state index in [9.17, 15) is 9.59 Å². The van der Waals surface area contributed by atoms with Gasteiger partial charge in [0.25, 0.3) is 0 Å². The molecule has 2 N–H and O–H groups in total. The van der Waals surface area contributed by atoms with Gasteiger partial charge in [0.2, 0.25) is 5.91 Å². The van der Waals surface area contributed by atoms with E-state index in [-0.39, 0.29) is 23.9 Å². The predicted molar refractivity (Wildman–Crippen MR) is 67.2 cm³/mol. The van der Waals surface area contributed by atoms with Crippen molar-refractivity contribution in [2.75, 3.05) is 6.54 Å². The van der Waals surface area contributed by atoms with Crippen LogP contribution in [0.5, 0.6) is 0 Å². The maximum absolute atomic E-state index is 12.2. The van der Waals surface area contributed by atoms with Crippen molar-refractivity contribution in [3.8, 4) is 0 Å². The average Bonchev–Trinajstić information content (AvgIpc) is 2.92. The molecular formula is C13H22N2O3. The molecule has 4 atom stereocenters. The zero-order valence-corrected chi connectivity index (χ0v) is 11.1. The van der Waals surface area contributed by atoms with Crippen LogP contribution in [-0.2, 0) is 9.59 Å². The van der Waals surface area contributed by atoms with Gasteiger partial charge in [-0.2, -0.15) is 0 Å². The summed E-state index contributed by atoms with van der Waals surface area (Å²) in [6.07, 6.45) is 3.42. The summed E-state index contributed by atoms with van der Waals surface area (Å²) < 4.78 is 0. The van der Waals surface area contributed by atoms with Crippen LogP contribution in [0.25, 0.3) is 0 Å². The summed E-state index contributed by atoms with van der Waals surface area (Å²) in [5.41, 5.74) is 0. The molecule has 2 rings (SSSR count). The Bertz CT molecular complexity index is 345. The van der Waals surface area contributed by atoms with E-state index in [1.165, 1.54) is 0 Å². The predicted octanol–water partition coefficient (Wildman–Crippen LogP) is 0.839. The number of aliphatic carboxylic acids is 1. The first-order valence-electron chi connectivity index (χ1n) is 6.82. The van der Waals surface area contributed by atoms with Crippen molar-refractivity contribution in [2.24, 2.45) is 5.92 Å². The average molecular weight is 254 g/mol. The summed E-state index contributed by atoms with van der Waals surface area (Å²) in [5, 5.41) is 12.3. The topological polar surface area (TPSA) is 69.6 Å². The molecule has 0 radical (unpaired) electrons. The van der Waals surface area contributed by atoms with Crippen molar-refractivity contribution in [1.82, 2.24) is 10.2 Å². The van der Waals surface area contributed by atoms with Gasteiger partial charge in [-0.05, 0) is 32.6 Å². The number of carboxylic acid groups (broad SMARTS) is 1. The smallest absolute Gasteiger partial charge is 0.308 e. The van der Waals surface area contributed by atoms with E-state index in [0.717, 1.165) is 19.3 Å². The maximum Gasteiger partial charge on any atom is 0.308 e. The number of nitrogens with zero attached hydrogens (tertiary/aromatic N) is 1. The van der Waals surface area contributed by atoms with Crippen LogP contribution in [0.3, 0.4) is 0 Å². The lowest BCUT2D eigenvalue weighted by atomic mass is 9.89. The summed E-state index contributed by atoms with van der Waals surface area (Å²) in [4.78, 5) is 25.1. The molecule has 0 spiro atoms. The molecule has 2 aliphatic rings. The maximum atomic E-state index is 12.2. The lowest BCUT2D eigenvalue weighted by molar-refractivity contribution is -0.143. The lowest BCUT2D eigenvalue weighted by Crippen LogP contribution is -2.44. The van der Waals surface area contributed by atoms with Gasteiger partial charge in [0.15, 0.2) is 0 Å². The first-order valence-corrected chi connectivity index (χ1v) is 6.82. The second kappa shape index (κ2) is 5.26. The van der Waals surface area contributed by atoms with Crippen molar-refractivity contribution in [1.29, 1.82) is 0 Å². The fraction of sp³-hybridized carbons (Fsp3) is 0.846. The first kappa shape index (κ1) is 13.3. The number of amides is 1. The summed E-state index contributed by atoms with van der Waals surface area (Å²) >= 11 is 0. The van der Waals surface area contributed by atoms with Crippen molar-refractivity contribution in [3.05, 3.63) is 0 Å². The molecule has 2 saturated heterocycles. The van der Waals surface area contributed by atoms with Crippen LogP contribution in [0.4, 0.5) is 0 Å². The molecule has 0 saturated carbocycles. The van der Waals surface area contributed by atoms with Crippen LogP contribution in [0, 0.1) is 5.92 Å². The molecule has 5 heteroatoms. The molecule has 0 aliphatic carbocycles. The molecular weight excluding hydrogens is 232 g/mol. The Hall–Kier alpha value is -1.10. The summed E-state index contributed by atoms with van der Waals surface area (Å²) in [6.45, 7) is 4.45. The Morgan fingerprint density at radius 3 is 2.72 bits per heavy atom. The number of carboxylic acids is 1. The molecule has 0 aromatic rings. The van der Waals surface area contributed by atoms with Crippen molar-refractivity contribution >= 4 is 11.9 Å². The molecule has 0 aromatic heterocycles. The van der Waals surface area contributed by atoms with E-state index >= 15 is 0 Å². The fourth-order valence-electron chi connectivity index (χ4n) is 3.14. The molecule has 2 heterocycles. The number of hydrogen-bond donors (Lipinski definition) is 2. The van der Waals surface area contributed by atoms with Gasteiger partial charge in [-0.3, -0.25) is 9.59 Å². The molecule has 2 aliphatic heterocycles. The third kappa shape index (κ3) is 2.36. The van der Waals surface area contributed by atoms with Crippen LogP contribution in [0.2, 0.25) is 0 Å². The van der Waals surface area contributed by atoms with Crippen LogP contribution >= 0.6 is 0 Å². The highest BCUT2D eigenvalue weighted by Crippen LogP contribution is 2.41. The van der Waals surface area contributed by atoms with E-state index < -0.39 is 5.97 Å². The first-order chi connectivity index (χ1) is 8.54. The Morgan fingerprint density at radius 2 is 2.17 bits per heavy atom. The van der Waals surface area contributed by atoms with Gasteiger partial charge in [-0.15, -0.1) is 0 Å². The molecule has 5 nitrogen and oxygen atoms in total. The second-order valence-corrected chi connectivity index (χ2v) is 5.47. The summed E-state index contributed by atoms with van der Waals surface area (Å²) in [5.74, 6) is -1.04. The molecule has 4 unspecified atom stereocenters. The highest BCUT2D eigenvalue weighted by molar-refractivity contribution is 5.82. The van der Waals surface area contributed by atoms with Gasteiger partial charge in [0, 0.05) is 18.1 Å². The standard InChI is InChI=1S/C13H22N2O3/c1-3-8(2)14-7-12(16)15-9-4-5-11(15)10(6-9)13(17)18/h8-11,14H,3-7H2,1-2H3,(H,17,18). The molecule has 102 valence electrons. The minimum atomic E-state index is -0.755. The highest BCUT2D eigenvalue weighted by Gasteiger charge is 2.50. The highest BCUT2D eigenvalue weighted by atomic mass is 16.4. The van der Waals surface area contributed by atoms with E-state index in [1.807, 2.05) is 11.8 Å². The normalized spacial score (nSPS) is 31.7. The molecule has 1 amide bonds. The van der Waals surface area contributed by atoms with Gasteiger partial charge in [-0.1, -0.05) is 6.92 Å². The lowest BCUT2D eigenvalue weighted by Gasteiger charge is -2.24. The SMILES string of the molecule is CCC(C)NCC(=O)N1C2CCC1C(C(=O)O)C2. The number of carbonyl (C=O) groups is 2. The summed E-state index contributed by atoms with van der Waals surface area (Å²) in [7, 11) is 0. The number of fused-ring (bicyclic) bond motifs is 2. The van der Waals surface area contributed by atoms with Crippen LogP contribution in [-0.4, -0.2) is 46.6 Å². The Kier molecular flexibility index (Phi) is 3.90. The number of carbonyl (C=O) groups excluding carboxylic acids is 1. The van der Waals surface area contributed by atoms with Gasteiger partial charge in [0.1, 0.15) is 0 Å². The number of hydrogen-bond acceptors (Lipinski definition) is 3. The van der Waals surface area contributed by atoms with Crippen LogP contribution in [0.15, 0.2) is 0 Å². The van der Waals surface area contributed by atoms with Crippen LogP contribution < -0.4 is 5.32 Å². The van der Waals surface area contributed by atoms with Gasteiger partial charge >= 0.3 is 5.97 Å². The van der Waals surface area contributed by atoms with E-state index in [4.69, 9.17) is 5.11 Å². The van der Waals surface area contributed by atoms with E-state index in [2.05, 4.69) is 12.2 Å². The molecule has 18 heavy (non-hydrogen) atoms. The quantitative estimate of drug-likeness (QED) is 0.762. The van der Waals surface area contributed by atoms with Crippen LogP contribution in [0.1, 0.15) is 39.5 Å². The monoisotopic (exact) mass is 254 g/mol. The zero-order valence-electron chi connectivity index (χ0n) is 11.1. The van der Waals surface area contributed by atoms with Crippen molar-refractivity contribution < 1.29 is 14.7 Å². The van der Waals surface area contributed by atoms with Gasteiger partial charge < -0.3 is 15.3 Å². The minimum absolute atomic E-state index is 0.0616. The third-order valence-corrected chi connectivity index (χ3v) is 4.36. The third-order valence-electron chi connectivity index (χ3n) is 4.36. The minimum Gasteiger partial charge on any atom is -0.481 e. The number of nitrogens with one attached hydrogen (secondary N) is 1. The van der Waals surface area contributed by atoms with Crippen molar-refractivity contribution in [3.63, 3.8) is 0 Å². The second-order valence-electron chi connectivity index (χ2n) is 5.47. The molecule has 0 aromatic carbocycles. The Morgan fingerprint density at radius 1 is 1.44 bits per heavy atom. The molecule has 2 fully saturated rings. The number of rotatable bonds is 5. The zero-order chi connectivity index (χ0) is 13.3. The Balaban J connectivity index is 1.93. The Labute approximate surface area is 108 Å². The van der Waals surface area contributed by atoms with Gasteiger partial charge in [0.05, 0.1) is 12.5 Å². The van der Waals surface area contributed by atoms with E-state index in [0.29, 0.717) is 19.0 Å². The fourth-order valence-corrected chi connectivity index (χ4v) is 3.14. The van der Waals surface area contributed by atoms with Gasteiger partial charge in [-0.25, -0.2) is 0 Å². The summed E-state index contributed by atoms with van der Waals surface area (Å²) in [6, 6.07) is 0.408. The largest absolute Gasteiger partial charge is 0.481 e.